The number of carbonyl (C=O) groups is 1. The molecule has 254 valence electrons. The van der Waals surface area contributed by atoms with Gasteiger partial charge in [-0.15, -0.1) is 0 Å². The monoisotopic (exact) mass is 662 g/mol. The maximum absolute atomic E-state index is 12.2. The molecule has 6 heteroatoms. The summed E-state index contributed by atoms with van der Waals surface area (Å²) in [4.78, 5) is 12.2. The lowest BCUT2D eigenvalue weighted by atomic mass is 9.65. The van der Waals surface area contributed by atoms with E-state index in [0.29, 0.717) is 11.5 Å². The third-order valence-corrected chi connectivity index (χ3v) is 21.2. The van der Waals surface area contributed by atoms with Gasteiger partial charge in [-0.25, -0.2) is 4.79 Å². The molecule has 0 aliphatic heterocycles. The Morgan fingerprint density at radius 2 is 1.63 bits per heavy atom. The average Bonchev–Trinajstić information content (AvgIpc) is 3.28. The molecule has 0 saturated heterocycles. The van der Waals surface area contributed by atoms with Gasteiger partial charge in [-0.05, 0) is 115 Å². The lowest BCUT2D eigenvalue weighted by Gasteiger charge is -2.45. The van der Waals surface area contributed by atoms with E-state index in [4.69, 9.17) is 13.6 Å². The highest BCUT2D eigenvalue weighted by Crippen LogP contribution is 2.57. The summed E-state index contributed by atoms with van der Waals surface area (Å²) in [6.45, 7) is 30.5. The van der Waals surface area contributed by atoms with Crippen molar-refractivity contribution >= 4 is 28.7 Å². The zero-order valence-electron chi connectivity index (χ0n) is 31.1. The van der Waals surface area contributed by atoms with Crippen molar-refractivity contribution in [2.45, 2.75) is 142 Å². The molecule has 4 atom stereocenters. The number of rotatable bonds is 7. The van der Waals surface area contributed by atoms with Gasteiger partial charge in [0.05, 0.1) is 24.9 Å². The first-order chi connectivity index (χ1) is 21.2. The normalized spacial score (nSPS) is 29.0. The summed E-state index contributed by atoms with van der Waals surface area (Å²) >= 11 is 0. The molecule has 3 fully saturated rings. The lowest BCUT2D eigenvalue weighted by molar-refractivity contribution is 0.0600. The molecule has 0 spiro atoms. The van der Waals surface area contributed by atoms with E-state index in [0.717, 1.165) is 36.8 Å². The van der Waals surface area contributed by atoms with Crippen LogP contribution in [0.15, 0.2) is 65.3 Å². The number of methoxy groups -OCH3 is 1. The van der Waals surface area contributed by atoms with Gasteiger partial charge >= 0.3 is 5.97 Å². The van der Waals surface area contributed by atoms with Gasteiger partial charge < -0.3 is 13.6 Å². The summed E-state index contributed by atoms with van der Waals surface area (Å²) in [5, 5.41) is 0.289. The van der Waals surface area contributed by atoms with Crippen molar-refractivity contribution in [3.8, 4) is 0 Å². The fourth-order valence-electron chi connectivity index (χ4n) is 7.17. The van der Waals surface area contributed by atoms with Gasteiger partial charge in [0.2, 0.25) is 0 Å². The highest BCUT2D eigenvalue weighted by Gasteiger charge is 2.47. The predicted molar refractivity (Wildman–Crippen MR) is 199 cm³/mol. The second-order valence-corrected chi connectivity index (χ2v) is 26.9. The molecule has 0 aromatic heterocycles. The van der Waals surface area contributed by atoms with Crippen LogP contribution < -0.4 is 0 Å². The quantitative estimate of drug-likeness (QED) is 0.215. The Hall–Kier alpha value is -2.00. The number of esters is 1. The summed E-state index contributed by atoms with van der Waals surface area (Å²) in [5.74, 6) is 0.244. The number of fused-ring (bicyclic) bond motifs is 1. The molecule has 0 radical (unpaired) electrons. The van der Waals surface area contributed by atoms with Crippen LogP contribution in [0.1, 0.15) is 109 Å². The second kappa shape index (κ2) is 13.5. The summed E-state index contributed by atoms with van der Waals surface area (Å²) in [6.07, 6.45) is 14.9. The SMILES string of the molecule is C=C1/C(=C\C=C2/CCC[C@]3(C)/C(=C/c4cccc(C(=O)OC)c4)CC[C@@H]23)C[C@@H](O[Si](C)(C)C(C)(C)C)C[C@@H]1O[Si](C)(C)C(C)(C)C. The number of hydrogen-bond donors (Lipinski definition) is 0. The molecule has 46 heavy (non-hydrogen) atoms. The van der Waals surface area contributed by atoms with Crippen molar-refractivity contribution < 1.29 is 18.4 Å². The van der Waals surface area contributed by atoms with Gasteiger partial charge in [0, 0.05) is 6.42 Å². The van der Waals surface area contributed by atoms with E-state index >= 15 is 0 Å². The first-order valence-electron chi connectivity index (χ1n) is 17.5. The highest BCUT2D eigenvalue weighted by molar-refractivity contribution is 6.74. The molecule has 3 aliphatic carbocycles. The van der Waals surface area contributed by atoms with Crippen LogP contribution in [0.5, 0.6) is 0 Å². The molecule has 0 amide bonds. The van der Waals surface area contributed by atoms with Crippen LogP contribution in [-0.2, 0) is 13.6 Å². The van der Waals surface area contributed by atoms with Crippen molar-refractivity contribution in [1.29, 1.82) is 0 Å². The maximum Gasteiger partial charge on any atom is 0.337 e. The third kappa shape index (κ3) is 7.82. The van der Waals surface area contributed by atoms with Crippen LogP contribution in [0, 0.1) is 11.3 Å². The standard InChI is InChI=1S/C40H62O4Si2/c1-28-31(26-34(43-45(10,11)38(2,3)4)27-36(28)44-46(12,13)39(5,6)7)20-19-30-18-15-23-40(8)33(21-22-35(30)40)25-29-16-14-17-32(24-29)37(41)42-9/h14,16-17,19-20,24-25,34-36H,1,15,18,21-23,26-27H2,2-13H3/b30-19+,31-20-,33-25+/t34-,35+,36+,40-/m1/s1. The molecule has 1 aromatic carbocycles. The average molecular weight is 663 g/mol. The van der Waals surface area contributed by atoms with Crippen molar-refractivity contribution in [3.63, 3.8) is 0 Å². The number of benzene rings is 1. The molecule has 1 aromatic rings. The van der Waals surface area contributed by atoms with E-state index in [1.807, 2.05) is 18.2 Å². The van der Waals surface area contributed by atoms with Gasteiger partial charge in [0.1, 0.15) is 0 Å². The molecular weight excluding hydrogens is 601 g/mol. The van der Waals surface area contributed by atoms with E-state index < -0.39 is 16.6 Å². The Balaban J connectivity index is 1.63. The largest absolute Gasteiger partial charge is 0.465 e. The van der Waals surface area contributed by atoms with Crippen LogP contribution in [0.25, 0.3) is 6.08 Å². The summed E-state index contributed by atoms with van der Waals surface area (Å²) in [5.41, 5.74) is 7.33. The van der Waals surface area contributed by atoms with Crippen LogP contribution in [0.3, 0.4) is 0 Å². The number of ether oxygens (including phenoxy) is 1. The van der Waals surface area contributed by atoms with Gasteiger partial charge in [-0.3, -0.25) is 0 Å². The van der Waals surface area contributed by atoms with Gasteiger partial charge in [0.25, 0.3) is 0 Å². The van der Waals surface area contributed by atoms with E-state index in [-0.39, 0.29) is 33.7 Å². The summed E-state index contributed by atoms with van der Waals surface area (Å²) in [7, 11) is -2.52. The Morgan fingerprint density at radius 3 is 2.26 bits per heavy atom. The number of allylic oxidation sites excluding steroid dienone is 4. The molecular formula is C40H62O4Si2. The smallest absolute Gasteiger partial charge is 0.337 e. The Kier molecular flexibility index (Phi) is 10.8. The molecule has 3 saturated carbocycles. The van der Waals surface area contributed by atoms with E-state index in [1.165, 1.54) is 37.5 Å². The van der Waals surface area contributed by atoms with Crippen LogP contribution in [0.2, 0.25) is 36.3 Å². The summed E-state index contributed by atoms with van der Waals surface area (Å²) < 4.78 is 19.1. The zero-order valence-corrected chi connectivity index (χ0v) is 33.1. The Bertz CT molecular complexity index is 1400. The Morgan fingerprint density at radius 1 is 0.978 bits per heavy atom. The van der Waals surface area contributed by atoms with Crippen molar-refractivity contribution in [3.05, 3.63) is 76.4 Å². The van der Waals surface area contributed by atoms with E-state index in [2.05, 4.69) is 106 Å². The van der Waals surface area contributed by atoms with Crippen LogP contribution in [-0.4, -0.2) is 41.9 Å². The Labute approximate surface area is 283 Å². The molecule has 3 aliphatic rings. The van der Waals surface area contributed by atoms with E-state index in [9.17, 15) is 4.79 Å². The maximum atomic E-state index is 12.2. The minimum absolute atomic E-state index is 0.00699. The minimum Gasteiger partial charge on any atom is -0.465 e. The van der Waals surface area contributed by atoms with Crippen molar-refractivity contribution in [1.82, 2.24) is 0 Å². The fraction of sp³-hybridized carbons (Fsp3) is 0.625. The van der Waals surface area contributed by atoms with E-state index in [1.54, 1.807) is 5.57 Å². The van der Waals surface area contributed by atoms with Gasteiger partial charge in [0.15, 0.2) is 16.6 Å². The first kappa shape index (κ1) is 36.8. The first-order valence-corrected chi connectivity index (χ1v) is 23.3. The zero-order chi connectivity index (χ0) is 34.3. The third-order valence-electron chi connectivity index (χ3n) is 12.2. The molecule has 0 N–H and O–H groups in total. The van der Waals surface area contributed by atoms with Crippen molar-refractivity contribution in [2.75, 3.05) is 7.11 Å². The predicted octanol–water partition coefficient (Wildman–Crippen LogP) is 11.4. The van der Waals surface area contributed by atoms with Crippen LogP contribution >= 0.6 is 0 Å². The van der Waals surface area contributed by atoms with Crippen molar-refractivity contribution in [2.24, 2.45) is 11.3 Å². The number of carbonyl (C=O) groups excluding carboxylic acids is 1. The topological polar surface area (TPSA) is 44.8 Å². The second-order valence-electron chi connectivity index (χ2n) is 17.4. The minimum atomic E-state index is -2.00. The fourth-order valence-corrected chi connectivity index (χ4v) is 9.84. The summed E-state index contributed by atoms with van der Waals surface area (Å²) in [6, 6.07) is 7.83. The molecule has 4 rings (SSSR count). The molecule has 0 heterocycles. The highest BCUT2D eigenvalue weighted by atomic mass is 28.4. The lowest BCUT2D eigenvalue weighted by Crippen LogP contribution is -2.49. The number of hydrogen-bond acceptors (Lipinski definition) is 4. The molecule has 0 bridgehead atoms. The van der Waals surface area contributed by atoms with Crippen LogP contribution in [0.4, 0.5) is 0 Å². The van der Waals surface area contributed by atoms with Gasteiger partial charge in [-0.2, -0.15) is 0 Å². The van der Waals surface area contributed by atoms with Gasteiger partial charge in [-0.1, -0.05) is 96.6 Å². The molecule has 0 unspecified atom stereocenters. The molecule has 4 nitrogen and oxygen atoms in total.